The Balaban J connectivity index is 1.02. The fraction of sp³-hybridized carbons (Fsp3) is 0. The van der Waals surface area contributed by atoms with Crippen LogP contribution < -0.4 is 4.90 Å². The van der Waals surface area contributed by atoms with Gasteiger partial charge >= 0.3 is 0 Å². The van der Waals surface area contributed by atoms with Crippen LogP contribution in [0.4, 0.5) is 17.1 Å². The van der Waals surface area contributed by atoms with E-state index in [4.69, 9.17) is 0 Å². The Morgan fingerprint density at radius 3 is 1.67 bits per heavy atom. The van der Waals surface area contributed by atoms with Gasteiger partial charge in [0.05, 0.1) is 5.69 Å². The third kappa shape index (κ3) is 6.21. The van der Waals surface area contributed by atoms with Crippen molar-refractivity contribution in [3.8, 4) is 44.5 Å². The van der Waals surface area contributed by atoms with Crippen LogP contribution >= 0.6 is 22.7 Å². The number of nitrogens with zero attached hydrogens (tertiary/aromatic N) is 1. The van der Waals surface area contributed by atoms with Gasteiger partial charge in [0.15, 0.2) is 0 Å². The van der Waals surface area contributed by atoms with Crippen LogP contribution in [0, 0.1) is 0 Å². The maximum atomic E-state index is 2.45. The number of fused-ring (bicyclic) bond motifs is 7. The van der Waals surface area contributed by atoms with E-state index < -0.39 is 0 Å². The molecular formula is C58H37NS2. The lowest BCUT2D eigenvalue weighted by Crippen LogP contribution is -2.11. The van der Waals surface area contributed by atoms with Crippen LogP contribution in [0.25, 0.3) is 95.6 Å². The molecule has 12 rings (SSSR count). The minimum Gasteiger partial charge on any atom is -0.310 e. The summed E-state index contributed by atoms with van der Waals surface area (Å²) in [4.78, 5) is 2.45. The first-order valence-electron chi connectivity index (χ1n) is 20.7. The summed E-state index contributed by atoms with van der Waals surface area (Å²) in [6.07, 6.45) is 0. The largest absolute Gasteiger partial charge is 0.310 e. The minimum absolute atomic E-state index is 1.10. The SMILES string of the molecule is c1cc(-c2ccccc2-c2ccc3ccccc3c2)cc(N(c2ccc(-c3ccc4c(c3)sc3ccccc34)cc2)c2ccccc2-c2cccc3c2sc2ccccc23)c1. The Hall–Kier alpha value is -7.30. The van der Waals surface area contributed by atoms with Crippen LogP contribution in [0.3, 0.4) is 0 Å². The maximum Gasteiger partial charge on any atom is 0.0540 e. The Kier molecular flexibility index (Phi) is 8.62. The molecule has 0 radical (unpaired) electrons. The van der Waals surface area contributed by atoms with Gasteiger partial charge < -0.3 is 4.90 Å². The van der Waals surface area contributed by atoms with Gasteiger partial charge in [-0.15, -0.1) is 22.7 Å². The predicted molar refractivity (Wildman–Crippen MR) is 266 cm³/mol. The molecule has 0 saturated carbocycles. The average Bonchev–Trinajstić information content (AvgIpc) is 3.90. The van der Waals surface area contributed by atoms with Gasteiger partial charge in [-0.25, -0.2) is 0 Å². The molecule has 3 heteroatoms. The second-order valence-electron chi connectivity index (χ2n) is 15.6. The molecule has 0 fully saturated rings. The zero-order valence-electron chi connectivity index (χ0n) is 33.1. The molecule has 0 spiro atoms. The van der Waals surface area contributed by atoms with Crippen molar-refractivity contribution < 1.29 is 0 Å². The summed E-state index contributed by atoms with van der Waals surface area (Å²) in [6.45, 7) is 0. The molecule has 12 aromatic rings. The van der Waals surface area contributed by atoms with Gasteiger partial charge in [-0.1, -0.05) is 170 Å². The molecule has 286 valence electrons. The summed E-state index contributed by atoms with van der Waals surface area (Å²) < 4.78 is 5.25. The van der Waals surface area contributed by atoms with Crippen LogP contribution in [-0.2, 0) is 0 Å². The Bertz CT molecular complexity index is 3610. The van der Waals surface area contributed by atoms with E-state index in [0.29, 0.717) is 0 Å². The first-order valence-corrected chi connectivity index (χ1v) is 22.4. The van der Waals surface area contributed by atoms with E-state index in [0.717, 1.165) is 17.1 Å². The van der Waals surface area contributed by atoms with Crippen LogP contribution in [0.2, 0.25) is 0 Å². The zero-order valence-corrected chi connectivity index (χ0v) is 34.8. The number of hydrogen-bond acceptors (Lipinski definition) is 3. The van der Waals surface area contributed by atoms with Crippen molar-refractivity contribution in [1.82, 2.24) is 0 Å². The second kappa shape index (κ2) is 14.8. The molecular weight excluding hydrogens is 775 g/mol. The lowest BCUT2D eigenvalue weighted by molar-refractivity contribution is 1.28. The monoisotopic (exact) mass is 811 g/mol. The van der Waals surface area contributed by atoms with Crippen molar-refractivity contribution in [3.63, 3.8) is 0 Å². The molecule has 1 nitrogen and oxygen atoms in total. The fourth-order valence-corrected chi connectivity index (χ4v) is 11.5. The smallest absolute Gasteiger partial charge is 0.0540 e. The molecule has 0 aliphatic heterocycles. The summed E-state index contributed by atoms with van der Waals surface area (Å²) in [5.41, 5.74) is 13.0. The standard InChI is InChI=1S/C58H37NS2/c1-2-14-40-35-43(28-27-38(40)13-1)47-18-4-3-17-46(47)42-15-11-16-45(36-42)59(44-32-29-39(30-33-44)41-31-34-51-49-20-6-9-25-55(49)60-57(51)37-41)54-24-8-5-19-48(54)52-22-12-23-53-50-21-7-10-26-56(50)61-58(52)53/h1-37H. The van der Waals surface area contributed by atoms with Gasteiger partial charge in [0.25, 0.3) is 0 Å². The van der Waals surface area contributed by atoms with Gasteiger partial charge in [-0.2, -0.15) is 0 Å². The topological polar surface area (TPSA) is 3.24 Å². The summed E-state index contributed by atoms with van der Waals surface area (Å²) in [7, 11) is 0. The highest BCUT2D eigenvalue weighted by molar-refractivity contribution is 7.26. The van der Waals surface area contributed by atoms with Crippen molar-refractivity contribution in [2.45, 2.75) is 0 Å². The average molecular weight is 812 g/mol. The van der Waals surface area contributed by atoms with Crippen molar-refractivity contribution in [3.05, 3.63) is 224 Å². The van der Waals surface area contributed by atoms with E-state index in [-0.39, 0.29) is 0 Å². The minimum atomic E-state index is 1.10. The van der Waals surface area contributed by atoms with Crippen molar-refractivity contribution in [2.24, 2.45) is 0 Å². The van der Waals surface area contributed by atoms with Crippen LogP contribution in [0.1, 0.15) is 0 Å². The van der Waals surface area contributed by atoms with E-state index in [2.05, 4.69) is 229 Å². The second-order valence-corrected chi connectivity index (χ2v) is 17.8. The predicted octanol–water partition coefficient (Wildman–Crippen LogP) is 17.7. The van der Waals surface area contributed by atoms with Crippen molar-refractivity contribution in [2.75, 3.05) is 4.90 Å². The quantitative estimate of drug-likeness (QED) is 0.155. The number of hydrogen-bond donors (Lipinski definition) is 0. The third-order valence-electron chi connectivity index (χ3n) is 12.1. The van der Waals surface area contributed by atoms with Gasteiger partial charge in [-0.05, 0) is 98.8 Å². The Labute approximate surface area is 362 Å². The van der Waals surface area contributed by atoms with E-state index in [1.54, 1.807) is 0 Å². The fourth-order valence-electron chi connectivity index (χ4n) is 9.15. The third-order valence-corrected chi connectivity index (χ3v) is 14.4. The lowest BCUT2D eigenvalue weighted by atomic mass is 9.93. The number of benzene rings is 10. The summed E-state index contributed by atoms with van der Waals surface area (Å²) in [6, 6.07) is 82.5. The van der Waals surface area contributed by atoms with Gasteiger partial charge in [0.2, 0.25) is 0 Å². The summed E-state index contributed by atoms with van der Waals surface area (Å²) in [5.74, 6) is 0. The molecule has 10 aromatic carbocycles. The molecule has 0 saturated heterocycles. The molecule has 61 heavy (non-hydrogen) atoms. The molecule has 0 aliphatic rings. The summed E-state index contributed by atoms with van der Waals surface area (Å²) in [5, 5.41) is 7.74. The maximum absolute atomic E-state index is 2.45. The molecule has 0 bridgehead atoms. The van der Waals surface area contributed by atoms with Crippen LogP contribution in [0.15, 0.2) is 224 Å². The van der Waals surface area contributed by atoms with Gasteiger partial charge in [0.1, 0.15) is 0 Å². The lowest BCUT2D eigenvalue weighted by Gasteiger charge is -2.29. The highest BCUT2D eigenvalue weighted by Gasteiger charge is 2.21. The first kappa shape index (κ1) is 35.6. The highest BCUT2D eigenvalue weighted by atomic mass is 32.1. The number of rotatable bonds is 7. The Morgan fingerprint density at radius 1 is 0.279 bits per heavy atom. The first-order chi connectivity index (χ1) is 30.2. The van der Waals surface area contributed by atoms with E-state index in [1.165, 1.54) is 95.6 Å². The summed E-state index contributed by atoms with van der Waals surface area (Å²) >= 11 is 3.75. The van der Waals surface area contributed by atoms with E-state index in [1.807, 2.05) is 22.7 Å². The molecule has 0 N–H and O–H groups in total. The van der Waals surface area contributed by atoms with Crippen LogP contribution in [0.5, 0.6) is 0 Å². The molecule has 0 atom stereocenters. The Morgan fingerprint density at radius 2 is 0.852 bits per heavy atom. The van der Waals surface area contributed by atoms with Gasteiger partial charge in [-0.3, -0.25) is 0 Å². The molecule has 2 aromatic heterocycles. The van der Waals surface area contributed by atoms with Gasteiger partial charge in [0, 0.05) is 62.8 Å². The molecule has 0 amide bonds. The molecule has 2 heterocycles. The van der Waals surface area contributed by atoms with Crippen molar-refractivity contribution >= 4 is 90.9 Å². The zero-order chi connectivity index (χ0) is 40.3. The number of para-hydroxylation sites is 1. The van der Waals surface area contributed by atoms with Crippen LogP contribution in [-0.4, -0.2) is 0 Å². The molecule has 0 aliphatic carbocycles. The van der Waals surface area contributed by atoms with Crippen molar-refractivity contribution in [1.29, 1.82) is 0 Å². The highest BCUT2D eigenvalue weighted by Crippen LogP contribution is 2.47. The normalized spacial score (nSPS) is 11.6. The number of thiophene rings is 2. The van der Waals surface area contributed by atoms with E-state index in [9.17, 15) is 0 Å². The van der Waals surface area contributed by atoms with E-state index >= 15 is 0 Å². The molecule has 0 unspecified atom stereocenters. The number of anilines is 3.